The molecule has 264 valence electrons. The molecule has 0 radical (unpaired) electrons. The van der Waals surface area contributed by atoms with Crippen molar-refractivity contribution in [1.29, 1.82) is 0 Å². The van der Waals surface area contributed by atoms with Crippen LogP contribution in [0.15, 0.2) is 71.6 Å². The van der Waals surface area contributed by atoms with E-state index >= 15 is 0 Å². The molecule has 0 saturated heterocycles. The highest BCUT2D eigenvalue weighted by molar-refractivity contribution is 7.99. The van der Waals surface area contributed by atoms with E-state index < -0.39 is 51.9 Å². The van der Waals surface area contributed by atoms with E-state index in [1.54, 1.807) is 36.4 Å². The van der Waals surface area contributed by atoms with Crippen LogP contribution in [0.25, 0.3) is 0 Å². The lowest BCUT2D eigenvalue weighted by atomic mass is 9.92. The number of carbonyl (C=O) groups excluding carboxylic acids is 3. The predicted molar refractivity (Wildman–Crippen MR) is 189 cm³/mol. The largest absolute Gasteiger partial charge is 0.493 e. The summed E-state index contributed by atoms with van der Waals surface area (Å²) >= 11 is 8.01. The molecule has 14 heteroatoms. The number of sulfonamides is 1. The molecule has 11 nitrogen and oxygen atoms in total. The Labute approximate surface area is 296 Å². The van der Waals surface area contributed by atoms with E-state index in [1.165, 1.54) is 37.8 Å². The molecule has 3 aromatic carbocycles. The second-order valence-electron chi connectivity index (χ2n) is 12.2. The lowest BCUT2D eigenvalue weighted by Gasteiger charge is -2.33. The highest BCUT2D eigenvalue weighted by Gasteiger charge is 2.41. The van der Waals surface area contributed by atoms with Gasteiger partial charge in [-0.15, -0.1) is 11.8 Å². The first-order valence-electron chi connectivity index (χ1n) is 15.6. The molecular formula is C35H41ClN2O9S2. The second kappa shape index (κ2) is 16.8. The van der Waals surface area contributed by atoms with Gasteiger partial charge in [-0.25, -0.2) is 8.42 Å². The van der Waals surface area contributed by atoms with Gasteiger partial charge in [0.05, 0.1) is 33.0 Å². The highest BCUT2D eigenvalue weighted by atomic mass is 35.5. The Morgan fingerprint density at radius 1 is 1.02 bits per heavy atom. The van der Waals surface area contributed by atoms with Crippen LogP contribution in [-0.2, 0) is 33.9 Å². The molecule has 0 spiro atoms. The van der Waals surface area contributed by atoms with E-state index in [0.717, 1.165) is 4.90 Å². The maximum Gasteiger partial charge on any atom is 0.302 e. The van der Waals surface area contributed by atoms with Crippen LogP contribution in [0.3, 0.4) is 0 Å². The maximum atomic E-state index is 14.4. The van der Waals surface area contributed by atoms with Crippen molar-refractivity contribution in [3.63, 3.8) is 0 Å². The Morgan fingerprint density at radius 3 is 2.43 bits per heavy atom. The third kappa shape index (κ3) is 10.4. The van der Waals surface area contributed by atoms with Crippen LogP contribution in [0.5, 0.6) is 11.5 Å². The number of amides is 2. The quantitative estimate of drug-likeness (QED) is 0.116. The number of methoxy groups -OCH3 is 2. The fraction of sp³-hybridized carbons (Fsp3) is 0.400. The Bertz CT molecular complexity index is 1750. The Hall–Kier alpha value is -3.78. The number of nitrogens with one attached hydrogen (secondary N) is 1. The number of hydrogen-bond donors (Lipinski definition) is 1. The number of halogens is 1. The van der Waals surface area contributed by atoms with Crippen LogP contribution in [0, 0.1) is 5.41 Å². The van der Waals surface area contributed by atoms with Crippen LogP contribution in [0.1, 0.15) is 50.8 Å². The molecule has 4 rings (SSSR count). The summed E-state index contributed by atoms with van der Waals surface area (Å²) in [5, 5.41) is 0.369. The van der Waals surface area contributed by atoms with E-state index in [0.29, 0.717) is 45.5 Å². The zero-order chi connectivity index (χ0) is 35.8. The van der Waals surface area contributed by atoms with Gasteiger partial charge in [0.25, 0.3) is 5.91 Å². The summed E-state index contributed by atoms with van der Waals surface area (Å²) in [5.41, 5.74) is 0.710. The molecular weight excluding hydrogens is 692 g/mol. The maximum absolute atomic E-state index is 14.4. The van der Waals surface area contributed by atoms with Crippen LogP contribution in [-0.4, -0.2) is 71.2 Å². The van der Waals surface area contributed by atoms with Gasteiger partial charge >= 0.3 is 5.97 Å². The standard InChI is InChI=1S/C35H41ClN2O9S2/c1-23(39)46-22-35(2,3)21-38-28-16-15-24(36)19-27(28)32(26-13-9-14-29(44-4)33(26)45-5)47-30(34(38)41)20-31(40)37-49(42,43)18-10-17-48-25-11-7-6-8-12-25/h6-9,11-16,19,30,32H,10,17-18,20-22H2,1-5H3,(H,37,40)/t30-,32-/m1/s1. The van der Waals surface area contributed by atoms with Crippen LogP contribution >= 0.6 is 23.4 Å². The number of esters is 1. The summed E-state index contributed by atoms with van der Waals surface area (Å²) in [5.74, 6) is -0.937. The number of benzene rings is 3. The average molecular weight is 733 g/mol. The monoisotopic (exact) mass is 732 g/mol. The molecule has 2 atom stereocenters. The summed E-state index contributed by atoms with van der Waals surface area (Å²) in [6.07, 6.45) is -2.71. The van der Waals surface area contributed by atoms with Gasteiger partial charge < -0.3 is 23.8 Å². The molecule has 0 unspecified atom stereocenters. The van der Waals surface area contributed by atoms with Crippen LogP contribution < -0.4 is 19.1 Å². The van der Waals surface area contributed by atoms with Crippen LogP contribution in [0.4, 0.5) is 5.69 Å². The fourth-order valence-corrected chi connectivity index (χ4v) is 7.68. The van der Waals surface area contributed by atoms with Gasteiger partial charge in [-0.2, -0.15) is 0 Å². The lowest BCUT2D eigenvalue weighted by Crippen LogP contribution is -2.47. The molecule has 1 heterocycles. The van der Waals surface area contributed by atoms with Crippen molar-refractivity contribution in [2.24, 2.45) is 5.41 Å². The van der Waals surface area contributed by atoms with Crippen molar-refractivity contribution >= 4 is 56.9 Å². The van der Waals surface area contributed by atoms with Gasteiger partial charge in [-0.05, 0) is 48.6 Å². The van der Waals surface area contributed by atoms with E-state index in [4.69, 9.17) is 30.5 Å². The number of ether oxygens (including phenoxy) is 4. The SMILES string of the molecule is COc1cccc([C@H]2O[C@H](CC(=O)NS(=O)(=O)CCCSc3ccccc3)C(=O)N(CC(C)(C)COC(C)=O)c3ccc(Cl)cc32)c1OC. The summed E-state index contributed by atoms with van der Waals surface area (Å²) < 4.78 is 50.9. The van der Waals surface area contributed by atoms with Gasteiger partial charge in [0, 0.05) is 45.6 Å². The fourth-order valence-electron chi connectivity index (χ4n) is 5.39. The van der Waals surface area contributed by atoms with Crippen molar-refractivity contribution in [1.82, 2.24) is 4.72 Å². The Balaban J connectivity index is 1.66. The molecule has 1 aliphatic rings. The average Bonchev–Trinajstić information content (AvgIpc) is 3.15. The topological polar surface area (TPSA) is 138 Å². The lowest BCUT2D eigenvalue weighted by molar-refractivity contribution is -0.144. The molecule has 0 bridgehead atoms. The van der Waals surface area contributed by atoms with Crippen molar-refractivity contribution < 1.29 is 41.7 Å². The molecule has 0 fully saturated rings. The minimum absolute atomic E-state index is 0.00891. The third-order valence-corrected chi connectivity index (χ3v) is 10.3. The zero-order valence-corrected chi connectivity index (χ0v) is 30.5. The molecule has 2 amide bonds. The van der Waals surface area contributed by atoms with Crippen LogP contribution in [0.2, 0.25) is 5.02 Å². The summed E-state index contributed by atoms with van der Waals surface area (Å²) in [7, 11) is -1.05. The third-order valence-electron chi connectivity index (χ3n) is 7.58. The molecule has 3 aromatic rings. The number of para-hydroxylation sites is 1. The van der Waals surface area contributed by atoms with Gasteiger partial charge in [0.15, 0.2) is 11.5 Å². The molecule has 0 aromatic heterocycles. The van der Waals surface area contributed by atoms with E-state index in [2.05, 4.69) is 4.72 Å². The Morgan fingerprint density at radius 2 is 1.76 bits per heavy atom. The molecule has 49 heavy (non-hydrogen) atoms. The first kappa shape index (κ1) is 38.0. The number of nitrogens with zero attached hydrogens (tertiary/aromatic N) is 1. The van der Waals surface area contributed by atoms with Gasteiger partial charge in [0.1, 0.15) is 12.2 Å². The minimum Gasteiger partial charge on any atom is -0.493 e. The summed E-state index contributed by atoms with van der Waals surface area (Å²) in [6.45, 7) is 5.04. The summed E-state index contributed by atoms with van der Waals surface area (Å²) in [6, 6.07) is 19.8. The smallest absolute Gasteiger partial charge is 0.302 e. The van der Waals surface area contributed by atoms with Crippen molar-refractivity contribution in [2.45, 2.75) is 50.7 Å². The van der Waals surface area contributed by atoms with Gasteiger partial charge in [-0.3, -0.25) is 19.1 Å². The first-order valence-corrected chi connectivity index (χ1v) is 18.6. The highest BCUT2D eigenvalue weighted by Crippen LogP contribution is 2.45. The molecule has 0 aliphatic carbocycles. The van der Waals surface area contributed by atoms with Gasteiger partial charge in [-0.1, -0.05) is 55.8 Å². The molecule has 1 N–H and O–H groups in total. The number of rotatable bonds is 15. The first-order chi connectivity index (χ1) is 23.2. The predicted octanol–water partition coefficient (Wildman–Crippen LogP) is 5.79. The molecule has 1 aliphatic heterocycles. The zero-order valence-electron chi connectivity index (χ0n) is 28.1. The summed E-state index contributed by atoms with van der Waals surface area (Å²) in [4.78, 5) is 41.8. The van der Waals surface area contributed by atoms with E-state index in [1.807, 2.05) is 44.2 Å². The van der Waals surface area contributed by atoms with Gasteiger partial charge in [0.2, 0.25) is 15.9 Å². The number of fused-ring (bicyclic) bond motifs is 1. The van der Waals surface area contributed by atoms with E-state index in [9.17, 15) is 22.8 Å². The molecule has 0 saturated carbocycles. The van der Waals surface area contributed by atoms with Crippen molar-refractivity contribution in [3.8, 4) is 11.5 Å². The second-order valence-corrected chi connectivity index (χ2v) is 15.7. The number of thioether (sulfide) groups is 1. The minimum atomic E-state index is -4.01. The van der Waals surface area contributed by atoms with E-state index in [-0.39, 0.29) is 18.9 Å². The number of anilines is 1. The normalized spacial score (nSPS) is 16.4. The Kier molecular flexibility index (Phi) is 13.0. The number of carbonyl (C=O) groups is 3. The van der Waals surface area contributed by atoms with Crippen molar-refractivity contribution in [3.05, 3.63) is 82.9 Å². The number of hydrogen-bond acceptors (Lipinski definition) is 10. The van der Waals surface area contributed by atoms with Crippen molar-refractivity contribution in [2.75, 3.05) is 43.8 Å².